The third-order valence-corrected chi connectivity index (χ3v) is 6.37. The second-order valence-corrected chi connectivity index (χ2v) is 9.48. The second kappa shape index (κ2) is 14.2. The van der Waals surface area contributed by atoms with Crippen LogP contribution in [0.25, 0.3) is 0 Å². The summed E-state index contributed by atoms with van der Waals surface area (Å²) in [5.74, 6) is -0.770. The number of para-hydroxylation sites is 1. The Kier molecular flexibility index (Phi) is 11.1. The van der Waals surface area contributed by atoms with E-state index in [0.717, 1.165) is 36.1 Å². The molecule has 0 bridgehead atoms. The van der Waals surface area contributed by atoms with Gasteiger partial charge in [-0.3, -0.25) is 24.3 Å². The maximum atomic E-state index is 13.1. The Hall–Kier alpha value is -3.02. The van der Waals surface area contributed by atoms with E-state index in [4.69, 9.17) is 9.68 Å². The molecule has 1 aliphatic rings. The van der Waals surface area contributed by atoms with E-state index in [1.807, 2.05) is 38.1 Å². The number of rotatable bonds is 14. The van der Waals surface area contributed by atoms with E-state index in [2.05, 4.69) is 5.48 Å². The molecule has 0 spiro atoms. The lowest BCUT2D eigenvalue weighted by Gasteiger charge is -2.28. The van der Waals surface area contributed by atoms with Crippen LogP contribution in [0.1, 0.15) is 58.5 Å². The molecule has 1 heterocycles. The van der Waals surface area contributed by atoms with Gasteiger partial charge >= 0.3 is 0 Å². The molecule has 1 aliphatic heterocycles. The number of benzene rings is 2. The predicted molar refractivity (Wildman–Crippen MR) is 143 cm³/mol. The lowest BCUT2D eigenvalue weighted by molar-refractivity contribution is -0.146. The van der Waals surface area contributed by atoms with Gasteiger partial charge in [0.2, 0.25) is 0 Å². The molecule has 2 aromatic carbocycles. The largest absolute Gasteiger partial charge is 0.394 e. The Morgan fingerprint density at radius 2 is 1.76 bits per heavy atom. The monoisotopic (exact) mass is 529 g/mol. The van der Waals surface area contributed by atoms with Crippen LogP contribution in [0.4, 0.5) is 5.69 Å². The number of carbonyl (C=O) groups is 2. The molecule has 0 aromatic heterocycles. The van der Waals surface area contributed by atoms with Crippen LogP contribution in [0.5, 0.6) is 0 Å². The SMILES string of the molecule is CCCN(CCC)C(=O)c1cc(C)cc(C(=O)NO[C@@H](CON2CCc3ccccc32)[C@H](O)[C@H](O)CO)c1. The van der Waals surface area contributed by atoms with Gasteiger partial charge in [-0.25, -0.2) is 5.48 Å². The minimum Gasteiger partial charge on any atom is -0.394 e. The molecule has 0 fully saturated rings. The first-order valence-electron chi connectivity index (χ1n) is 13.1. The maximum absolute atomic E-state index is 13.1. The van der Waals surface area contributed by atoms with Crippen molar-refractivity contribution in [3.05, 3.63) is 64.7 Å². The molecule has 0 aliphatic carbocycles. The van der Waals surface area contributed by atoms with Gasteiger partial charge in [-0.2, -0.15) is 0 Å². The first kappa shape index (κ1) is 29.5. The number of aliphatic hydroxyl groups is 3. The van der Waals surface area contributed by atoms with Gasteiger partial charge in [-0.1, -0.05) is 32.0 Å². The minimum absolute atomic E-state index is 0.147. The van der Waals surface area contributed by atoms with E-state index in [-0.39, 0.29) is 18.1 Å². The summed E-state index contributed by atoms with van der Waals surface area (Å²) in [6.45, 7) is 6.76. The Morgan fingerprint density at radius 1 is 1.08 bits per heavy atom. The zero-order valence-corrected chi connectivity index (χ0v) is 22.3. The first-order valence-corrected chi connectivity index (χ1v) is 13.1. The van der Waals surface area contributed by atoms with Crippen molar-refractivity contribution in [3.63, 3.8) is 0 Å². The van der Waals surface area contributed by atoms with Gasteiger partial charge in [0, 0.05) is 30.8 Å². The standard InChI is InChI=1S/C28H39N3O7/c1-4-11-30(12-5-2)28(36)22-15-19(3)14-21(16-22)27(35)29-38-25(26(34)24(33)17-32)18-37-31-13-10-20-8-6-7-9-23(20)31/h6-9,14-16,24-26,32-34H,4-5,10-13,17-18H2,1-3H3,(H,29,35)/t24-,25+,26-/m1/s1. The van der Waals surface area contributed by atoms with Crippen molar-refractivity contribution in [2.75, 3.05) is 37.9 Å². The molecular weight excluding hydrogens is 490 g/mol. The topological polar surface area (TPSA) is 132 Å². The Morgan fingerprint density at radius 3 is 2.45 bits per heavy atom. The molecule has 0 saturated carbocycles. The van der Waals surface area contributed by atoms with Crippen LogP contribution in [0.2, 0.25) is 0 Å². The number of hydroxylamine groups is 2. The molecule has 10 heteroatoms. The van der Waals surface area contributed by atoms with E-state index < -0.39 is 30.8 Å². The number of fused-ring (bicyclic) bond motifs is 1. The third kappa shape index (κ3) is 7.52. The normalized spacial score (nSPS) is 15.1. The van der Waals surface area contributed by atoms with Crippen LogP contribution < -0.4 is 10.5 Å². The van der Waals surface area contributed by atoms with Crippen LogP contribution in [0.3, 0.4) is 0 Å². The van der Waals surface area contributed by atoms with Crippen molar-refractivity contribution in [2.45, 2.75) is 58.3 Å². The van der Waals surface area contributed by atoms with Gasteiger partial charge in [0.25, 0.3) is 11.8 Å². The molecular formula is C28H39N3O7. The molecule has 3 atom stereocenters. The molecule has 0 unspecified atom stereocenters. The van der Waals surface area contributed by atoms with Gasteiger partial charge < -0.3 is 20.2 Å². The predicted octanol–water partition coefficient (Wildman–Crippen LogP) is 2.00. The molecule has 4 N–H and O–H groups in total. The summed E-state index contributed by atoms with van der Waals surface area (Å²) < 4.78 is 0. The molecule has 10 nitrogen and oxygen atoms in total. The summed E-state index contributed by atoms with van der Waals surface area (Å²) in [5.41, 5.74) is 5.68. The van der Waals surface area contributed by atoms with Crippen LogP contribution in [0.15, 0.2) is 42.5 Å². The summed E-state index contributed by atoms with van der Waals surface area (Å²) in [5, 5.41) is 31.5. The zero-order valence-electron chi connectivity index (χ0n) is 22.3. The highest BCUT2D eigenvalue weighted by Gasteiger charge is 2.30. The molecule has 3 rings (SSSR count). The van der Waals surface area contributed by atoms with Crippen molar-refractivity contribution < 1.29 is 34.6 Å². The zero-order chi connectivity index (χ0) is 27.7. The van der Waals surface area contributed by atoms with Crippen LogP contribution in [-0.2, 0) is 16.1 Å². The third-order valence-electron chi connectivity index (χ3n) is 6.37. The average molecular weight is 530 g/mol. The molecule has 2 amide bonds. The highest BCUT2D eigenvalue weighted by atomic mass is 16.7. The van der Waals surface area contributed by atoms with Gasteiger partial charge in [-0.15, -0.1) is 0 Å². The average Bonchev–Trinajstić information content (AvgIpc) is 3.34. The van der Waals surface area contributed by atoms with Gasteiger partial charge in [-0.05, 0) is 61.6 Å². The quantitative estimate of drug-likeness (QED) is 0.273. The van der Waals surface area contributed by atoms with Crippen molar-refractivity contribution in [1.82, 2.24) is 10.4 Å². The first-order chi connectivity index (χ1) is 18.3. The van der Waals surface area contributed by atoms with E-state index in [1.54, 1.807) is 29.0 Å². The lowest BCUT2D eigenvalue weighted by Crippen LogP contribution is -2.47. The molecule has 0 radical (unpaired) electrons. The number of hydrogen-bond donors (Lipinski definition) is 4. The second-order valence-electron chi connectivity index (χ2n) is 9.48. The summed E-state index contributed by atoms with van der Waals surface area (Å²) in [6.07, 6.45) is -1.78. The minimum atomic E-state index is -1.54. The van der Waals surface area contributed by atoms with Crippen molar-refractivity contribution in [1.29, 1.82) is 0 Å². The van der Waals surface area contributed by atoms with Gasteiger partial charge in [0.1, 0.15) is 24.9 Å². The fourth-order valence-electron chi connectivity index (χ4n) is 4.43. The number of aliphatic hydroxyl groups excluding tert-OH is 3. The van der Waals surface area contributed by atoms with Crippen molar-refractivity contribution in [3.8, 4) is 0 Å². The number of nitrogens with zero attached hydrogens (tertiary/aromatic N) is 2. The van der Waals surface area contributed by atoms with Crippen LogP contribution >= 0.6 is 0 Å². The van der Waals surface area contributed by atoms with Gasteiger partial charge in [0.15, 0.2) is 0 Å². The number of amides is 2. The van der Waals surface area contributed by atoms with E-state index >= 15 is 0 Å². The fraction of sp³-hybridized carbons (Fsp3) is 0.500. The number of carbonyl (C=O) groups excluding carboxylic acids is 2. The van der Waals surface area contributed by atoms with E-state index in [0.29, 0.717) is 25.2 Å². The molecule has 38 heavy (non-hydrogen) atoms. The van der Waals surface area contributed by atoms with Gasteiger partial charge in [0.05, 0.1) is 12.3 Å². The van der Waals surface area contributed by atoms with Crippen LogP contribution in [-0.4, -0.2) is 83.2 Å². The maximum Gasteiger partial charge on any atom is 0.274 e. The Labute approximate surface area is 223 Å². The van der Waals surface area contributed by atoms with E-state index in [1.165, 1.54) is 6.07 Å². The Bertz CT molecular complexity index is 1070. The highest BCUT2D eigenvalue weighted by molar-refractivity contribution is 5.99. The summed E-state index contributed by atoms with van der Waals surface area (Å²) in [4.78, 5) is 39.1. The summed E-state index contributed by atoms with van der Waals surface area (Å²) >= 11 is 0. The molecule has 2 aromatic rings. The van der Waals surface area contributed by atoms with E-state index in [9.17, 15) is 24.9 Å². The number of aryl methyl sites for hydroxylation is 1. The molecule has 208 valence electrons. The molecule has 0 saturated heterocycles. The smallest absolute Gasteiger partial charge is 0.274 e. The number of anilines is 1. The summed E-state index contributed by atoms with van der Waals surface area (Å²) in [7, 11) is 0. The number of hydrogen-bond acceptors (Lipinski definition) is 8. The highest BCUT2D eigenvalue weighted by Crippen LogP contribution is 2.27. The van der Waals surface area contributed by atoms with Crippen molar-refractivity contribution >= 4 is 17.5 Å². The van der Waals surface area contributed by atoms with Crippen molar-refractivity contribution in [2.24, 2.45) is 0 Å². The Balaban J connectivity index is 1.69. The van der Waals surface area contributed by atoms with Crippen LogP contribution in [0, 0.1) is 6.92 Å². The summed E-state index contributed by atoms with van der Waals surface area (Å²) in [6, 6.07) is 12.6. The lowest BCUT2D eigenvalue weighted by atomic mass is 10.0. The fourth-order valence-corrected chi connectivity index (χ4v) is 4.43. The number of nitrogens with one attached hydrogen (secondary N) is 1.